The molecule has 0 N–H and O–H groups in total. The highest BCUT2D eigenvalue weighted by Crippen LogP contribution is 2.43. The van der Waals surface area contributed by atoms with Crippen LogP contribution in [0.3, 0.4) is 0 Å². The van der Waals surface area contributed by atoms with Crippen molar-refractivity contribution in [2.24, 2.45) is 0 Å². The smallest absolute Gasteiger partial charge is 0.143 e. The van der Waals surface area contributed by atoms with E-state index in [0.717, 1.165) is 77.5 Å². The molecule has 11 aromatic rings. The first-order valence-corrected chi connectivity index (χ1v) is 16.9. The van der Waals surface area contributed by atoms with Gasteiger partial charge in [0, 0.05) is 66.5 Å². The number of para-hydroxylation sites is 3. The molecule has 0 aliphatic carbocycles. The molecule has 234 valence electrons. The summed E-state index contributed by atoms with van der Waals surface area (Å²) in [6.45, 7) is 0. The van der Waals surface area contributed by atoms with E-state index in [-0.39, 0.29) is 0 Å². The fraction of sp³-hybridized carbons (Fsp3) is 0. The minimum atomic E-state index is 0.857. The number of benzene rings is 8. The molecule has 0 amide bonds. The highest BCUT2D eigenvalue weighted by atomic mass is 16.3. The van der Waals surface area contributed by atoms with Gasteiger partial charge in [0.05, 0.1) is 11.0 Å². The quantitative estimate of drug-likeness (QED) is 0.192. The zero-order chi connectivity index (χ0) is 32.8. The first-order chi connectivity index (χ1) is 24.8. The number of hydrogen-bond donors (Lipinski definition) is 0. The van der Waals surface area contributed by atoms with E-state index >= 15 is 0 Å². The SMILES string of the molecule is c1ccc(-n2c3ccccc3c3cc(N(c4ccc5c(c4)oc4c6ccccc6ccc54)c4ccc5oc6ccccc6c5c4)ccc32)cc1. The van der Waals surface area contributed by atoms with E-state index in [1.165, 1.54) is 21.7 Å². The molecule has 0 radical (unpaired) electrons. The van der Waals surface area contributed by atoms with Crippen molar-refractivity contribution < 1.29 is 8.83 Å². The number of aromatic nitrogens is 1. The molecule has 11 rings (SSSR count). The maximum absolute atomic E-state index is 6.68. The van der Waals surface area contributed by atoms with Crippen LogP contribution in [0.5, 0.6) is 0 Å². The number of rotatable bonds is 4. The van der Waals surface area contributed by atoms with E-state index in [4.69, 9.17) is 8.83 Å². The normalized spacial score (nSPS) is 12.0. The zero-order valence-electron chi connectivity index (χ0n) is 26.9. The minimum absolute atomic E-state index is 0.857. The molecule has 0 saturated heterocycles. The van der Waals surface area contributed by atoms with E-state index in [2.05, 4.69) is 167 Å². The van der Waals surface area contributed by atoms with Crippen LogP contribution in [-0.2, 0) is 0 Å². The second-order valence-electron chi connectivity index (χ2n) is 12.9. The molecule has 4 heteroatoms. The van der Waals surface area contributed by atoms with Crippen LogP contribution in [0.2, 0.25) is 0 Å². The van der Waals surface area contributed by atoms with Gasteiger partial charge in [0.15, 0.2) is 0 Å². The Labute approximate surface area is 286 Å². The standard InChI is InChI=1S/C46H28N2O2/c1-2-11-30(12-3-1)48-41-16-8-6-14-35(41)39-26-31(20-24-42(39)48)47(32-21-25-44-40(27-32)36-15-7-9-17-43(36)49-44)33-19-23-37-38-22-18-29-10-4-5-13-34(29)46(38)50-45(37)28-33/h1-28H. The van der Waals surface area contributed by atoms with Gasteiger partial charge in [0.2, 0.25) is 0 Å². The van der Waals surface area contributed by atoms with Gasteiger partial charge in [-0.2, -0.15) is 0 Å². The Balaban J connectivity index is 1.17. The molecule has 0 aliphatic heterocycles. The second kappa shape index (κ2) is 10.4. The second-order valence-corrected chi connectivity index (χ2v) is 12.9. The van der Waals surface area contributed by atoms with Gasteiger partial charge in [-0.1, -0.05) is 84.9 Å². The van der Waals surface area contributed by atoms with Gasteiger partial charge >= 0.3 is 0 Å². The average molecular weight is 641 g/mol. The first-order valence-electron chi connectivity index (χ1n) is 16.9. The molecular formula is C46H28N2O2. The molecule has 3 heterocycles. The van der Waals surface area contributed by atoms with Crippen LogP contribution < -0.4 is 4.90 Å². The Kier molecular flexibility index (Phi) is 5.63. The summed E-state index contributed by atoms with van der Waals surface area (Å²) in [6.07, 6.45) is 0. The lowest BCUT2D eigenvalue weighted by molar-refractivity contribution is 0.669. The first kappa shape index (κ1) is 27.2. The zero-order valence-corrected chi connectivity index (χ0v) is 26.9. The number of fused-ring (bicyclic) bond motifs is 11. The van der Waals surface area contributed by atoms with Gasteiger partial charge < -0.3 is 18.3 Å². The Morgan fingerprint density at radius 1 is 0.360 bits per heavy atom. The maximum Gasteiger partial charge on any atom is 0.143 e. The molecule has 0 spiro atoms. The summed E-state index contributed by atoms with van der Waals surface area (Å²) in [5.74, 6) is 0. The van der Waals surface area contributed by atoms with Crippen molar-refractivity contribution in [2.75, 3.05) is 4.90 Å². The summed E-state index contributed by atoms with van der Waals surface area (Å²) < 4.78 is 15.3. The van der Waals surface area contributed by atoms with Crippen molar-refractivity contribution in [1.82, 2.24) is 4.57 Å². The molecular weight excluding hydrogens is 613 g/mol. The van der Waals surface area contributed by atoms with E-state index in [9.17, 15) is 0 Å². The molecule has 8 aromatic carbocycles. The average Bonchev–Trinajstić information content (AvgIpc) is 3.84. The third-order valence-electron chi connectivity index (χ3n) is 10.2. The molecule has 4 nitrogen and oxygen atoms in total. The predicted molar refractivity (Wildman–Crippen MR) is 208 cm³/mol. The van der Waals surface area contributed by atoms with Crippen LogP contribution in [0.25, 0.3) is 82.1 Å². The maximum atomic E-state index is 6.68. The Morgan fingerprint density at radius 3 is 1.88 bits per heavy atom. The van der Waals surface area contributed by atoms with Crippen LogP contribution in [0.4, 0.5) is 17.1 Å². The molecule has 0 aliphatic rings. The van der Waals surface area contributed by atoms with Crippen molar-refractivity contribution >= 4 is 93.5 Å². The Bertz CT molecular complexity index is 3110. The van der Waals surface area contributed by atoms with Crippen LogP contribution >= 0.6 is 0 Å². The van der Waals surface area contributed by atoms with Gasteiger partial charge in [-0.3, -0.25) is 0 Å². The fourth-order valence-corrected chi connectivity index (χ4v) is 7.89. The van der Waals surface area contributed by atoms with Crippen molar-refractivity contribution in [1.29, 1.82) is 0 Å². The molecule has 0 saturated carbocycles. The van der Waals surface area contributed by atoms with E-state index in [1.54, 1.807) is 0 Å². The molecule has 50 heavy (non-hydrogen) atoms. The third-order valence-corrected chi connectivity index (χ3v) is 10.2. The number of hydrogen-bond acceptors (Lipinski definition) is 3. The third kappa shape index (κ3) is 3.93. The van der Waals surface area contributed by atoms with Gasteiger partial charge in [-0.25, -0.2) is 0 Å². The Hall–Kier alpha value is -6.78. The molecule has 0 atom stereocenters. The summed E-state index contributed by atoms with van der Waals surface area (Å²) in [5, 5.41) is 9.11. The lowest BCUT2D eigenvalue weighted by Crippen LogP contribution is -2.09. The van der Waals surface area contributed by atoms with Crippen LogP contribution in [-0.4, -0.2) is 4.57 Å². The molecule has 3 aromatic heterocycles. The fourth-order valence-electron chi connectivity index (χ4n) is 7.89. The minimum Gasteiger partial charge on any atom is -0.456 e. The highest BCUT2D eigenvalue weighted by Gasteiger charge is 2.20. The largest absolute Gasteiger partial charge is 0.456 e. The number of nitrogens with zero attached hydrogens (tertiary/aromatic N) is 2. The monoisotopic (exact) mass is 640 g/mol. The topological polar surface area (TPSA) is 34.5 Å². The predicted octanol–water partition coefficient (Wildman–Crippen LogP) is 13.2. The van der Waals surface area contributed by atoms with Crippen molar-refractivity contribution in [3.05, 3.63) is 170 Å². The molecule has 0 fully saturated rings. The van der Waals surface area contributed by atoms with Crippen LogP contribution in [0.1, 0.15) is 0 Å². The van der Waals surface area contributed by atoms with Crippen molar-refractivity contribution in [3.63, 3.8) is 0 Å². The van der Waals surface area contributed by atoms with Crippen molar-refractivity contribution in [2.45, 2.75) is 0 Å². The summed E-state index contributed by atoms with van der Waals surface area (Å²) in [6, 6.07) is 60.2. The van der Waals surface area contributed by atoms with Gasteiger partial charge in [-0.05, 0) is 84.2 Å². The van der Waals surface area contributed by atoms with E-state index in [1.807, 2.05) is 12.1 Å². The van der Waals surface area contributed by atoms with Gasteiger partial charge in [-0.15, -0.1) is 0 Å². The lowest BCUT2D eigenvalue weighted by atomic mass is 10.1. The van der Waals surface area contributed by atoms with Crippen LogP contribution in [0.15, 0.2) is 179 Å². The lowest BCUT2D eigenvalue weighted by Gasteiger charge is -2.26. The molecule has 0 unspecified atom stereocenters. The number of anilines is 3. The van der Waals surface area contributed by atoms with E-state index in [0.29, 0.717) is 0 Å². The van der Waals surface area contributed by atoms with Gasteiger partial charge in [0.1, 0.15) is 22.3 Å². The summed E-state index contributed by atoms with van der Waals surface area (Å²) in [7, 11) is 0. The summed E-state index contributed by atoms with van der Waals surface area (Å²) in [4.78, 5) is 2.33. The van der Waals surface area contributed by atoms with Crippen molar-refractivity contribution in [3.8, 4) is 5.69 Å². The van der Waals surface area contributed by atoms with Gasteiger partial charge in [0.25, 0.3) is 0 Å². The van der Waals surface area contributed by atoms with E-state index < -0.39 is 0 Å². The Morgan fingerprint density at radius 2 is 0.980 bits per heavy atom. The summed E-state index contributed by atoms with van der Waals surface area (Å²) in [5.41, 5.74) is 10.1. The highest BCUT2D eigenvalue weighted by molar-refractivity contribution is 6.16. The summed E-state index contributed by atoms with van der Waals surface area (Å²) >= 11 is 0. The molecule has 0 bridgehead atoms. The number of furan rings is 2. The van der Waals surface area contributed by atoms with Crippen LogP contribution in [0, 0.1) is 0 Å².